The Morgan fingerprint density at radius 1 is 0.905 bits per heavy atom. The molecule has 0 aliphatic rings. The molecule has 105 valence electrons. The third-order valence-corrected chi connectivity index (χ3v) is 3.90. The summed E-state index contributed by atoms with van der Waals surface area (Å²) in [5.74, 6) is 0. The average Bonchev–Trinajstić information content (AvgIpc) is 2.54. The molecule has 1 heteroatoms. The summed E-state index contributed by atoms with van der Waals surface area (Å²) in [7, 11) is 1.98. The lowest BCUT2D eigenvalue weighted by Gasteiger charge is -2.15. The van der Waals surface area contributed by atoms with E-state index in [1.807, 2.05) is 7.05 Å². The molecular formula is C20H20N. The normalized spacial score (nSPS) is 10.8. The topological polar surface area (TPSA) is 12.0 Å². The van der Waals surface area contributed by atoms with E-state index in [1.54, 1.807) is 0 Å². The molecule has 0 fully saturated rings. The van der Waals surface area contributed by atoms with Crippen LogP contribution in [0.25, 0.3) is 21.9 Å². The van der Waals surface area contributed by atoms with Gasteiger partial charge in [0.1, 0.15) is 0 Å². The van der Waals surface area contributed by atoms with Gasteiger partial charge in [0, 0.05) is 18.3 Å². The van der Waals surface area contributed by atoms with Crippen molar-refractivity contribution in [2.75, 3.05) is 12.4 Å². The van der Waals surface area contributed by atoms with E-state index in [9.17, 15) is 0 Å². The Morgan fingerprint density at radius 2 is 1.71 bits per heavy atom. The molecule has 0 amide bonds. The van der Waals surface area contributed by atoms with Crippen LogP contribution < -0.4 is 5.32 Å². The number of rotatable bonds is 4. The molecule has 0 saturated heterocycles. The van der Waals surface area contributed by atoms with Crippen molar-refractivity contribution in [3.05, 3.63) is 73.2 Å². The second-order valence-corrected chi connectivity index (χ2v) is 5.26. The molecule has 0 heterocycles. The van der Waals surface area contributed by atoms with E-state index < -0.39 is 0 Å². The predicted molar refractivity (Wildman–Crippen MR) is 92.6 cm³/mol. The molecule has 21 heavy (non-hydrogen) atoms. The molecule has 0 bridgehead atoms. The first kappa shape index (κ1) is 13.7. The predicted octanol–water partition coefficient (Wildman–Crippen LogP) is 5.32. The summed E-state index contributed by atoms with van der Waals surface area (Å²) in [5.41, 5.74) is 5.10. The van der Waals surface area contributed by atoms with E-state index >= 15 is 0 Å². The highest BCUT2D eigenvalue weighted by Crippen LogP contribution is 2.34. The molecule has 0 aliphatic carbocycles. The van der Waals surface area contributed by atoms with Gasteiger partial charge < -0.3 is 5.32 Å². The number of anilines is 1. The molecule has 1 radical (unpaired) electrons. The van der Waals surface area contributed by atoms with Gasteiger partial charge in [-0.2, -0.15) is 0 Å². The second-order valence-electron chi connectivity index (χ2n) is 5.26. The molecule has 0 aromatic heterocycles. The molecule has 0 atom stereocenters. The van der Waals surface area contributed by atoms with Crippen molar-refractivity contribution in [3.8, 4) is 11.1 Å². The zero-order chi connectivity index (χ0) is 14.7. The number of hydrogen-bond acceptors (Lipinski definition) is 1. The Hall–Kier alpha value is -2.28. The first-order chi connectivity index (χ1) is 10.3. The van der Waals surface area contributed by atoms with Crippen LogP contribution in [0.15, 0.2) is 60.7 Å². The summed E-state index contributed by atoms with van der Waals surface area (Å²) in [4.78, 5) is 0. The third-order valence-electron chi connectivity index (χ3n) is 3.90. The maximum atomic E-state index is 4.00. The Bertz CT molecular complexity index is 759. The largest absolute Gasteiger partial charge is 0.388 e. The minimum Gasteiger partial charge on any atom is -0.388 e. The Balaban J connectivity index is 2.20. The summed E-state index contributed by atoms with van der Waals surface area (Å²) < 4.78 is 0. The smallest absolute Gasteiger partial charge is 0.0420 e. The number of hydrogen-bond donors (Lipinski definition) is 1. The van der Waals surface area contributed by atoms with Crippen molar-refractivity contribution in [1.82, 2.24) is 0 Å². The van der Waals surface area contributed by atoms with E-state index in [4.69, 9.17) is 0 Å². The zero-order valence-corrected chi connectivity index (χ0v) is 12.4. The molecule has 0 saturated carbocycles. The highest BCUT2D eigenvalue weighted by molar-refractivity contribution is 5.90. The molecule has 1 nitrogen and oxygen atoms in total. The van der Waals surface area contributed by atoms with Crippen LogP contribution in [0.4, 0.5) is 5.69 Å². The van der Waals surface area contributed by atoms with Crippen LogP contribution in [0.5, 0.6) is 0 Å². The van der Waals surface area contributed by atoms with Gasteiger partial charge in [-0.15, -0.1) is 0 Å². The van der Waals surface area contributed by atoms with Crippen molar-refractivity contribution in [2.24, 2.45) is 0 Å². The lowest BCUT2D eigenvalue weighted by molar-refractivity contribution is 1.00. The SMILES string of the molecule is [CH2]CCc1cccc(NC)c1-c1ccc2ccccc2c1. The quantitative estimate of drug-likeness (QED) is 0.679. The summed E-state index contributed by atoms with van der Waals surface area (Å²) in [6.45, 7) is 4.00. The molecule has 1 N–H and O–H groups in total. The fourth-order valence-corrected chi connectivity index (χ4v) is 2.89. The molecule has 3 aromatic rings. The van der Waals surface area contributed by atoms with Crippen LogP contribution in [0.1, 0.15) is 12.0 Å². The summed E-state index contributed by atoms with van der Waals surface area (Å²) in [5, 5.41) is 5.88. The van der Waals surface area contributed by atoms with Crippen molar-refractivity contribution in [1.29, 1.82) is 0 Å². The van der Waals surface area contributed by atoms with Gasteiger partial charge in [0.25, 0.3) is 0 Å². The molecule has 0 unspecified atom stereocenters. The van der Waals surface area contributed by atoms with Gasteiger partial charge in [0.05, 0.1) is 0 Å². The van der Waals surface area contributed by atoms with Crippen LogP contribution >= 0.6 is 0 Å². The molecular weight excluding hydrogens is 254 g/mol. The van der Waals surface area contributed by atoms with Gasteiger partial charge in [-0.3, -0.25) is 0 Å². The molecule has 3 rings (SSSR count). The van der Waals surface area contributed by atoms with Crippen molar-refractivity contribution in [2.45, 2.75) is 12.8 Å². The van der Waals surface area contributed by atoms with Crippen LogP contribution in [-0.4, -0.2) is 7.05 Å². The molecule has 0 aliphatic heterocycles. The van der Waals surface area contributed by atoms with Gasteiger partial charge in [-0.25, -0.2) is 0 Å². The van der Waals surface area contributed by atoms with Gasteiger partial charge in [-0.05, 0) is 46.9 Å². The first-order valence-electron chi connectivity index (χ1n) is 7.41. The van der Waals surface area contributed by atoms with E-state index in [0.717, 1.165) is 12.8 Å². The van der Waals surface area contributed by atoms with E-state index in [-0.39, 0.29) is 0 Å². The lowest BCUT2D eigenvalue weighted by atomic mass is 9.93. The molecule has 3 aromatic carbocycles. The van der Waals surface area contributed by atoms with Crippen molar-refractivity contribution >= 4 is 16.5 Å². The summed E-state index contributed by atoms with van der Waals surface area (Å²) in [6, 6.07) is 21.6. The number of nitrogens with one attached hydrogen (secondary N) is 1. The van der Waals surface area contributed by atoms with Crippen molar-refractivity contribution < 1.29 is 0 Å². The number of fused-ring (bicyclic) bond motifs is 1. The maximum absolute atomic E-state index is 4.00. The summed E-state index contributed by atoms with van der Waals surface area (Å²) in [6.07, 6.45) is 1.91. The standard InChI is InChI=1S/C20H20N/c1-3-7-16-10-6-11-19(21-2)20(16)18-13-12-15-8-4-5-9-17(15)14-18/h4-6,8-14,21H,1,3,7H2,2H3. The lowest BCUT2D eigenvalue weighted by Crippen LogP contribution is -1.97. The van der Waals surface area contributed by atoms with E-state index in [2.05, 4.69) is 72.9 Å². The number of aryl methyl sites for hydroxylation is 1. The fraction of sp³-hybridized carbons (Fsp3) is 0.150. The van der Waals surface area contributed by atoms with Crippen LogP contribution in [0.3, 0.4) is 0 Å². The van der Waals surface area contributed by atoms with Crippen LogP contribution in [0, 0.1) is 6.92 Å². The second kappa shape index (κ2) is 6.01. The fourth-order valence-electron chi connectivity index (χ4n) is 2.89. The van der Waals surface area contributed by atoms with Gasteiger partial charge >= 0.3 is 0 Å². The van der Waals surface area contributed by atoms with Gasteiger partial charge in [0.2, 0.25) is 0 Å². The van der Waals surface area contributed by atoms with Crippen molar-refractivity contribution in [3.63, 3.8) is 0 Å². The monoisotopic (exact) mass is 274 g/mol. The van der Waals surface area contributed by atoms with Gasteiger partial charge in [0.15, 0.2) is 0 Å². The third kappa shape index (κ3) is 2.64. The Labute approximate surface area is 126 Å². The first-order valence-corrected chi connectivity index (χ1v) is 7.41. The number of benzene rings is 3. The zero-order valence-electron chi connectivity index (χ0n) is 12.4. The van der Waals surface area contributed by atoms with Crippen LogP contribution in [-0.2, 0) is 6.42 Å². The molecule has 0 spiro atoms. The maximum Gasteiger partial charge on any atom is 0.0420 e. The van der Waals surface area contributed by atoms with Gasteiger partial charge in [-0.1, -0.05) is 55.5 Å². The average molecular weight is 274 g/mol. The summed E-state index contributed by atoms with van der Waals surface area (Å²) >= 11 is 0. The Kier molecular flexibility index (Phi) is 3.92. The highest BCUT2D eigenvalue weighted by Gasteiger charge is 2.10. The Morgan fingerprint density at radius 3 is 2.48 bits per heavy atom. The van der Waals surface area contributed by atoms with E-state index in [0.29, 0.717) is 0 Å². The van der Waals surface area contributed by atoms with E-state index in [1.165, 1.54) is 33.2 Å². The minimum atomic E-state index is 0.910. The van der Waals surface area contributed by atoms with Crippen LogP contribution in [0.2, 0.25) is 0 Å². The minimum absolute atomic E-state index is 0.910. The highest BCUT2D eigenvalue weighted by atomic mass is 14.8.